The third-order valence-corrected chi connectivity index (χ3v) is 8.80. The molecule has 1 saturated heterocycles. The third-order valence-electron chi connectivity index (χ3n) is 8.42. The fourth-order valence-electron chi connectivity index (χ4n) is 6.50. The number of aromatic hydroxyl groups is 2. The molecule has 3 N–H and O–H groups in total. The van der Waals surface area contributed by atoms with Gasteiger partial charge in [0.1, 0.15) is 22.8 Å². The molecule has 4 heterocycles. The number of phenols is 2. The summed E-state index contributed by atoms with van der Waals surface area (Å²) in [7, 11) is 0. The summed E-state index contributed by atoms with van der Waals surface area (Å²) in [4.78, 5) is 39.5. The van der Waals surface area contributed by atoms with E-state index in [1.807, 2.05) is 32.6 Å². The smallest absolute Gasteiger partial charge is 0.354 e. The zero-order valence-corrected chi connectivity index (χ0v) is 25.5. The van der Waals surface area contributed by atoms with Gasteiger partial charge >= 0.3 is 5.69 Å². The fourth-order valence-corrected chi connectivity index (χ4v) is 6.84. The molecule has 0 radical (unpaired) electrons. The number of carbonyl (C=O) groups is 1. The number of phenolic OH excluding ortho intramolecular Hbond substituents is 2. The first-order valence-corrected chi connectivity index (χ1v) is 14.7. The number of rotatable bonds is 4. The molecule has 1 amide bonds. The zero-order chi connectivity index (χ0) is 31.6. The molecule has 6 rings (SSSR count). The first kappa shape index (κ1) is 29.4. The molecule has 0 aliphatic carbocycles. The van der Waals surface area contributed by atoms with E-state index in [0.29, 0.717) is 30.0 Å². The lowest BCUT2D eigenvalue weighted by atomic mass is 9.98. The summed E-state index contributed by atoms with van der Waals surface area (Å²) >= 11 is 6.99. The molecule has 0 bridgehead atoms. The molecule has 2 aliphatic rings. The Morgan fingerprint density at radius 2 is 1.91 bits per heavy atom. The van der Waals surface area contributed by atoms with Crippen molar-refractivity contribution in [1.82, 2.24) is 19.4 Å². The van der Waals surface area contributed by atoms with E-state index in [1.165, 1.54) is 28.8 Å². The van der Waals surface area contributed by atoms with Crippen LogP contribution in [0.4, 0.5) is 15.9 Å². The van der Waals surface area contributed by atoms with Crippen molar-refractivity contribution in [2.45, 2.75) is 45.7 Å². The van der Waals surface area contributed by atoms with E-state index < -0.39 is 11.5 Å². The van der Waals surface area contributed by atoms with Crippen LogP contribution >= 0.6 is 11.6 Å². The van der Waals surface area contributed by atoms with E-state index in [1.54, 1.807) is 17.2 Å². The molecular formula is C32H32ClFN6O4. The summed E-state index contributed by atoms with van der Waals surface area (Å²) in [5.74, 6) is -1.82. The minimum absolute atomic E-state index is 0.0986. The fraction of sp³-hybridized carbons (Fsp3) is 0.312. The Labute approximate surface area is 258 Å². The third kappa shape index (κ3) is 4.37. The van der Waals surface area contributed by atoms with Gasteiger partial charge in [-0.05, 0) is 49.6 Å². The Bertz CT molecular complexity index is 1910. The molecular weight excluding hydrogens is 587 g/mol. The van der Waals surface area contributed by atoms with Crippen molar-refractivity contribution < 1.29 is 19.4 Å². The average molecular weight is 619 g/mol. The number of hydrogen-bond donors (Lipinski definition) is 3. The highest BCUT2D eigenvalue weighted by molar-refractivity contribution is 6.38. The van der Waals surface area contributed by atoms with Crippen LogP contribution in [0.3, 0.4) is 0 Å². The number of pyridine rings is 1. The van der Waals surface area contributed by atoms with Crippen molar-refractivity contribution >= 4 is 39.9 Å². The summed E-state index contributed by atoms with van der Waals surface area (Å²) in [6.07, 6.45) is 2.90. The van der Waals surface area contributed by atoms with Gasteiger partial charge in [-0.2, -0.15) is 4.98 Å². The molecule has 10 nitrogen and oxygen atoms in total. The quantitative estimate of drug-likeness (QED) is 0.270. The van der Waals surface area contributed by atoms with E-state index in [-0.39, 0.29) is 80.5 Å². The van der Waals surface area contributed by atoms with E-state index in [4.69, 9.17) is 11.6 Å². The number of nitrogens with one attached hydrogen (secondary N) is 1. The number of nitrogens with zero attached hydrogens (tertiary/aromatic N) is 5. The summed E-state index contributed by atoms with van der Waals surface area (Å²) in [6, 6.07) is 5.15. The average Bonchev–Trinajstić information content (AvgIpc) is 3.14. The molecule has 12 heteroatoms. The number of benzene rings is 2. The standard InChI is InChI=1S/C32H32ClFN6O4/c1-6-21(43)38-13-17(5)39-18(14-38)12-36-28-24-30(26(34)23(25(28)33)22-19(41)8-7-9-20(22)42)40(32(44)37-31(24)39)29-16(4)10-11-35-27(29)15(2)3/h6-11,15,17-18,36,41-42H,1,12-14H2,2-5H3. The Morgan fingerprint density at radius 3 is 2.57 bits per heavy atom. The lowest BCUT2D eigenvalue weighted by Gasteiger charge is -2.45. The Morgan fingerprint density at radius 1 is 1.20 bits per heavy atom. The SMILES string of the molecule is C=CC(=O)N1CC(C)N2c3nc(=O)n(-c4c(C)ccnc4C(C)C)c4c(F)c(-c5c(O)cccc5O)c(Cl)c(c34)NCC2C1. The highest BCUT2D eigenvalue weighted by atomic mass is 35.5. The second-order valence-corrected chi connectivity index (χ2v) is 12.0. The molecule has 2 unspecified atom stereocenters. The van der Waals surface area contributed by atoms with Crippen molar-refractivity contribution in [2.24, 2.45) is 0 Å². The van der Waals surface area contributed by atoms with Crippen molar-refractivity contribution in [1.29, 1.82) is 0 Å². The van der Waals surface area contributed by atoms with Gasteiger partial charge in [0.25, 0.3) is 0 Å². The van der Waals surface area contributed by atoms with E-state index in [2.05, 4.69) is 21.9 Å². The molecule has 44 heavy (non-hydrogen) atoms. The Kier molecular flexibility index (Phi) is 7.23. The van der Waals surface area contributed by atoms with Crippen molar-refractivity contribution in [3.05, 3.63) is 75.7 Å². The summed E-state index contributed by atoms with van der Waals surface area (Å²) in [5.41, 5.74) is 0.576. The number of aromatic nitrogens is 3. The first-order chi connectivity index (χ1) is 21.0. The predicted molar refractivity (Wildman–Crippen MR) is 169 cm³/mol. The van der Waals surface area contributed by atoms with Gasteiger partial charge < -0.3 is 25.3 Å². The molecule has 0 saturated carbocycles. The van der Waals surface area contributed by atoms with Crippen LogP contribution in [0.2, 0.25) is 5.02 Å². The van der Waals surface area contributed by atoms with Gasteiger partial charge in [-0.1, -0.05) is 38.1 Å². The van der Waals surface area contributed by atoms with Gasteiger partial charge in [-0.15, -0.1) is 0 Å². The second kappa shape index (κ2) is 10.8. The van der Waals surface area contributed by atoms with Crippen LogP contribution in [-0.4, -0.2) is 67.3 Å². The maximum atomic E-state index is 17.3. The van der Waals surface area contributed by atoms with Crippen molar-refractivity contribution in [3.63, 3.8) is 0 Å². The lowest BCUT2D eigenvalue weighted by molar-refractivity contribution is -0.127. The maximum absolute atomic E-state index is 17.3. The van der Waals surface area contributed by atoms with Gasteiger partial charge in [0.05, 0.1) is 39.1 Å². The molecule has 4 aromatic rings. The summed E-state index contributed by atoms with van der Waals surface area (Å²) < 4.78 is 18.5. The molecule has 2 aromatic heterocycles. The summed E-state index contributed by atoms with van der Waals surface area (Å²) in [5, 5.41) is 25.1. The maximum Gasteiger partial charge on any atom is 0.354 e. The topological polar surface area (TPSA) is 124 Å². The lowest BCUT2D eigenvalue weighted by Crippen LogP contribution is -2.61. The van der Waals surface area contributed by atoms with Crippen LogP contribution in [0.25, 0.3) is 27.7 Å². The van der Waals surface area contributed by atoms with Gasteiger partial charge in [0.15, 0.2) is 5.82 Å². The van der Waals surface area contributed by atoms with Crippen LogP contribution in [0.1, 0.15) is 37.9 Å². The van der Waals surface area contributed by atoms with Crippen LogP contribution in [0.5, 0.6) is 11.5 Å². The van der Waals surface area contributed by atoms with E-state index >= 15 is 4.39 Å². The zero-order valence-electron chi connectivity index (χ0n) is 24.7. The van der Waals surface area contributed by atoms with Gasteiger partial charge in [-0.3, -0.25) is 14.3 Å². The molecule has 0 spiro atoms. The minimum atomic E-state index is -0.919. The monoisotopic (exact) mass is 618 g/mol. The van der Waals surface area contributed by atoms with Gasteiger partial charge in [-0.25, -0.2) is 9.18 Å². The van der Waals surface area contributed by atoms with Crippen LogP contribution < -0.4 is 15.9 Å². The van der Waals surface area contributed by atoms with E-state index in [9.17, 15) is 19.8 Å². The van der Waals surface area contributed by atoms with Crippen molar-refractivity contribution in [2.75, 3.05) is 29.9 Å². The minimum Gasteiger partial charge on any atom is -0.507 e. The normalized spacial score (nSPS) is 17.8. The molecule has 2 aromatic carbocycles. The highest BCUT2D eigenvalue weighted by Gasteiger charge is 2.40. The number of piperazine rings is 1. The molecule has 2 atom stereocenters. The number of carbonyl (C=O) groups excluding carboxylic acids is 1. The molecule has 228 valence electrons. The predicted octanol–water partition coefficient (Wildman–Crippen LogP) is 5.10. The number of halogens is 2. The van der Waals surface area contributed by atoms with Crippen molar-refractivity contribution in [3.8, 4) is 28.3 Å². The van der Waals surface area contributed by atoms with Crippen LogP contribution in [-0.2, 0) is 4.79 Å². The molecule has 2 aliphatic heterocycles. The second-order valence-electron chi connectivity index (χ2n) is 11.6. The summed E-state index contributed by atoms with van der Waals surface area (Å²) in [6.45, 7) is 12.1. The number of aryl methyl sites for hydroxylation is 1. The highest BCUT2D eigenvalue weighted by Crippen LogP contribution is 2.51. The Balaban J connectivity index is 1.78. The Hall–Kier alpha value is -4.64. The number of anilines is 2. The van der Waals surface area contributed by atoms with Gasteiger partial charge in [0.2, 0.25) is 5.91 Å². The first-order valence-electron chi connectivity index (χ1n) is 14.3. The van der Waals surface area contributed by atoms with Crippen LogP contribution in [0.15, 0.2) is 47.9 Å². The van der Waals surface area contributed by atoms with Crippen LogP contribution in [0, 0.1) is 12.7 Å². The number of fused-ring (bicyclic) bond motifs is 2. The van der Waals surface area contributed by atoms with Gasteiger partial charge in [0, 0.05) is 37.4 Å². The molecule has 1 fully saturated rings. The number of amides is 1. The number of hydrogen-bond acceptors (Lipinski definition) is 8. The van der Waals surface area contributed by atoms with E-state index in [0.717, 1.165) is 0 Å². The largest absolute Gasteiger partial charge is 0.507 e.